The molecule has 2 saturated heterocycles. The van der Waals surface area contributed by atoms with Gasteiger partial charge in [0, 0.05) is 36.8 Å². The lowest BCUT2D eigenvalue weighted by Gasteiger charge is -2.25. The summed E-state index contributed by atoms with van der Waals surface area (Å²) in [5.41, 5.74) is 0.357. The van der Waals surface area contributed by atoms with Crippen molar-refractivity contribution in [1.82, 2.24) is 9.80 Å². The molecule has 4 rings (SSSR count). The Labute approximate surface area is 195 Å². The molecule has 2 aromatic carbocycles. The van der Waals surface area contributed by atoms with E-state index in [4.69, 9.17) is 11.6 Å². The molecule has 0 N–H and O–H groups in total. The van der Waals surface area contributed by atoms with Gasteiger partial charge in [-0.3, -0.25) is 4.79 Å². The van der Waals surface area contributed by atoms with Crippen LogP contribution in [0, 0.1) is 24.6 Å². The van der Waals surface area contributed by atoms with Gasteiger partial charge in [0.15, 0.2) is 0 Å². The first kappa shape index (κ1) is 23.8. The fraction of sp³-hybridized carbons (Fsp3) is 0.458. The minimum absolute atomic E-state index is 0.127. The predicted molar refractivity (Wildman–Crippen MR) is 119 cm³/mol. The number of amides is 1. The number of fused-ring (bicyclic) bond motifs is 1. The van der Waals surface area contributed by atoms with Crippen molar-refractivity contribution in [3.63, 3.8) is 0 Å². The molecule has 33 heavy (non-hydrogen) atoms. The molecule has 0 bridgehead atoms. The number of benzene rings is 2. The van der Waals surface area contributed by atoms with Gasteiger partial charge in [-0.2, -0.15) is 13.2 Å². The van der Waals surface area contributed by atoms with Crippen molar-refractivity contribution in [3.05, 3.63) is 69.2 Å². The Morgan fingerprint density at radius 3 is 2.42 bits per heavy atom. The van der Waals surface area contributed by atoms with Gasteiger partial charge in [-0.05, 0) is 49.1 Å². The molecule has 0 aromatic heterocycles. The summed E-state index contributed by atoms with van der Waals surface area (Å²) in [6.45, 7) is 6.25. The normalized spacial score (nSPS) is 20.8. The highest BCUT2D eigenvalue weighted by molar-refractivity contribution is 6.31. The fourth-order valence-corrected chi connectivity index (χ4v) is 4.85. The Hall–Kier alpha value is -2.32. The smallest absolute Gasteiger partial charge is 0.419 e. The summed E-state index contributed by atoms with van der Waals surface area (Å²) < 4.78 is 52.5. The van der Waals surface area contributed by atoms with E-state index in [1.807, 2.05) is 25.1 Å². The zero-order valence-electron chi connectivity index (χ0n) is 18.2. The van der Waals surface area contributed by atoms with Crippen molar-refractivity contribution < 1.29 is 22.4 Å². The van der Waals surface area contributed by atoms with E-state index in [1.165, 1.54) is 0 Å². The standard InChI is InChI=1S/C24H25ClF4N3O/c1-15-3-5-19(10-21(15)25)30-7-2-8-31-11-17-13-32(14-18(17)12-31)23(33)16-4-6-22(26)20(9-16)24(27,28)29/h3-6,9-10,17-18H,2,7-8,11-14H2,1H3/q-1. The highest BCUT2D eigenvalue weighted by Gasteiger charge is 2.42. The molecule has 4 nitrogen and oxygen atoms in total. The summed E-state index contributed by atoms with van der Waals surface area (Å²) in [6, 6.07) is 8.21. The molecule has 2 atom stereocenters. The molecule has 0 aliphatic carbocycles. The number of alkyl halides is 3. The third-order valence-corrected chi connectivity index (χ3v) is 6.86. The molecule has 2 unspecified atom stereocenters. The number of carbonyl (C=O) groups is 1. The van der Waals surface area contributed by atoms with Crippen molar-refractivity contribution in [2.45, 2.75) is 19.5 Å². The Morgan fingerprint density at radius 2 is 1.79 bits per heavy atom. The van der Waals surface area contributed by atoms with Gasteiger partial charge in [0.2, 0.25) is 0 Å². The molecule has 0 saturated carbocycles. The van der Waals surface area contributed by atoms with Crippen LogP contribution in [-0.4, -0.2) is 55.0 Å². The van der Waals surface area contributed by atoms with Crippen molar-refractivity contribution in [3.8, 4) is 0 Å². The van der Waals surface area contributed by atoms with Crippen LogP contribution in [0.25, 0.3) is 5.32 Å². The average molecular weight is 483 g/mol. The van der Waals surface area contributed by atoms with Crippen LogP contribution in [0.3, 0.4) is 0 Å². The first-order valence-corrected chi connectivity index (χ1v) is 11.3. The first-order valence-electron chi connectivity index (χ1n) is 10.9. The second-order valence-electron chi connectivity index (χ2n) is 8.85. The van der Waals surface area contributed by atoms with Gasteiger partial charge in [-0.1, -0.05) is 36.2 Å². The Bertz CT molecular complexity index is 1020. The zero-order chi connectivity index (χ0) is 23.8. The number of hydrogen-bond acceptors (Lipinski definition) is 2. The third-order valence-electron chi connectivity index (χ3n) is 6.45. The number of likely N-dealkylation sites (tertiary alicyclic amines) is 2. The number of nitrogens with zero attached hydrogens (tertiary/aromatic N) is 3. The topological polar surface area (TPSA) is 37.7 Å². The van der Waals surface area contributed by atoms with Crippen LogP contribution in [0.1, 0.15) is 27.9 Å². The summed E-state index contributed by atoms with van der Waals surface area (Å²) in [6.07, 6.45) is -3.93. The minimum Gasteiger partial charge on any atom is -0.684 e. The zero-order valence-corrected chi connectivity index (χ0v) is 19.0. The maximum Gasteiger partial charge on any atom is 0.419 e. The minimum atomic E-state index is -4.83. The van der Waals surface area contributed by atoms with E-state index in [0.29, 0.717) is 48.6 Å². The number of hydrogen-bond donors (Lipinski definition) is 0. The van der Waals surface area contributed by atoms with Crippen molar-refractivity contribution >= 4 is 23.2 Å². The molecule has 1 amide bonds. The van der Waals surface area contributed by atoms with E-state index >= 15 is 0 Å². The van der Waals surface area contributed by atoms with Crippen LogP contribution in [0.2, 0.25) is 5.02 Å². The third kappa shape index (κ3) is 5.44. The van der Waals surface area contributed by atoms with Crippen LogP contribution in [0.5, 0.6) is 0 Å². The second kappa shape index (κ2) is 9.50. The SMILES string of the molecule is Cc1ccc([N-]CCCN2CC3CN(C(=O)c4ccc(F)c(C(F)(F)F)c4)CC3C2)cc1Cl. The molecule has 2 fully saturated rings. The molecular formula is C24H25ClF4N3O-. The molecule has 178 valence electrons. The molecule has 0 radical (unpaired) electrons. The van der Waals surface area contributed by atoms with Gasteiger partial charge < -0.3 is 15.1 Å². The monoisotopic (exact) mass is 482 g/mol. The number of carbonyl (C=O) groups excluding carboxylic acids is 1. The summed E-state index contributed by atoms with van der Waals surface area (Å²) in [5.74, 6) is -1.25. The Morgan fingerprint density at radius 1 is 1.09 bits per heavy atom. The van der Waals surface area contributed by atoms with Crippen LogP contribution in [0.4, 0.5) is 23.2 Å². The summed E-state index contributed by atoms with van der Waals surface area (Å²) in [4.78, 5) is 16.7. The Balaban J connectivity index is 1.25. The summed E-state index contributed by atoms with van der Waals surface area (Å²) >= 11 is 6.13. The van der Waals surface area contributed by atoms with Crippen molar-refractivity contribution in [2.75, 3.05) is 39.3 Å². The molecule has 2 aliphatic rings. The number of aryl methyl sites for hydroxylation is 1. The lowest BCUT2D eigenvalue weighted by atomic mass is 10.0. The number of rotatable bonds is 6. The van der Waals surface area contributed by atoms with Crippen LogP contribution in [0.15, 0.2) is 36.4 Å². The molecule has 2 aliphatic heterocycles. The fourth-order valence-electron chi connectivity index (χ4n) is 4.68. The maximum absolute atomic E-state index is 13.5. The van der Waals surface area contributed by atoms with Crippen molar-refractivity contribution in [2.24, 2.45) is 11.8 Å². The second-order valence-corrected chi connectivity index (χ2v) is 9.26. The predicted octanol–water partition coefficient (Wildman–Crippen LogP) is 5.91. The van der Waals surface area contributed by atoms with Gasteiger partial charge in [-0.15, -0.1) is 12.2 Å². The number of halogens is 5. The molecular weight excluding hydrogens is 458 g/mol. The van der Waals surface area contributed by atoms with Gasteiger partial charge in [0.1, 0.15) is 5.82 Å². The van der Waals surface area contributed by atoms with Crippen LogP contribution >= 0.6 is 11.6 Å². The lowest BCUT2D eigenvalue weighted by Crippen LogP contribution is -2.33. The van der Waals surface area contributed by atoms with E-state index in [0.717, 1.165) is 43.4 Å². The van der Waals surface area contributed by atoms with Gasteiger partial charge in [-0.25, -0.2) is 4.39 Å². The van der Waals surface area contributed by atoms with Gasteiger partial charge in [0.25, 0.3) is 5.91 Å². The molecule has 2 aromatic rings. The highest BCUT2D eigenvalue weighted by atomic mass is 35.5. The summed E-state index contributed by atoms with van der Waals surface area (Å²) in [5, 5.41) is 5.28. The van der Waals surface area contributed by atoms with E-state index in [2.05, 4.69) is 10.2 Å². The van der Waals surface area contributed by atoms with E-state index in [9.17, 15) is 22.4 Å². The van der Waals surface area contributed by atoms with E-state index < -0.39 is 23.5 Å². The molecule has 2 heterocycles. The van der Waals surface area contributed by atoms with Gasteiger partial charge >= 0.3 is 6.18 Å². The Kier molecular flexibility index (Phi) is 6.86. The van der Waals surface area contributed by atoms with E-state index in [-0.39, 0.29) is 5.56 Å². The largest absolute Gasteiger partial charge is 0.684 e. The first-order chi connectivity index (χ1) is 15.6. The van der Waals surface area contributed by atoms with Gasteiger partial charge in [0.05, 0.1) is 5.56 Å². The quantitative estimate of drug-likeness (QED) is 0.379. The van der Waals surface area contributed by atoms with Crippen LogP contribution < -0.4 is 0 Å². The molecule has 9 heteroatoms. The van der Waals surface area contributed by atoms with E-state index in [1.54, 1.807) is 4.90 Å². The summed E-state index contributed by atoms with van der Waals surface area (Å²) in [7, 11) is 0. The highest BCUT2D eigenvalue weighted by Crippen LogP contribution is 2.35. The van der Waals surface area contributed by atoms with Crippen molar-refractivity contribution in [1.29, 1.82) is 0 Å². The molecule has 0 spiro atoms. The lowest BCUT2D eigenvalue weighted by molar-refractivity contribution is -0.140. The maximum atomic E-state index is 13.5. The average Bonchev–Trinajstić information content (AvgIpc) is 3.31. The van der Waals surface area contributed by atoms with Crippen LogP contribution in [-0.2, 0) is 6.18 Å².